The van der Waals surface area contributed by atoms with Crippen molar-refractivity contribution in [3.63, 3.8) is 0 Å². The fourth-order valence-electron chi connectivity index (χ4n) is 1.10. The van der Waals surface area contributed by atoms with Crippen LogP contribution in [0, 0.1) is 0 Å². The summed E-state index contributed by atoms with van der Waals surface area (Å²) in [6, 6.07) is 0. The first-order valence-corrected chi connectivity index (χ1v) is 4.62. The van der Waals surface area contributed by atoms with E-state index in [0.717, 1.165) is 6.32 Å². The van der Waals surface area contributed by atoms with E-state index in [2.05, 4.69) is 6.92 Å². The van der Waals surface area contributed by atoms with Gasteiger partial charge in [0.2, 0.25) is 0 Å². The van der Waals surface area contributed by atoms with Gasteiger partial charge in [0.25, 0.3) is 0 Å². The molecule has 0 atom stereocenters. The summed E-state index contributed by atoms with van der Waals surface area (Å²) in [5.74, 6) is 0. The maximum absolute atomic E-state index is 5.37. The first kappa shape index (κ1) is 10.1. The molecule has 0 N–H and O–H groups in total. The molecule has 0 saturated carbocycles. The lowest BCUT2D eigenvalue weighted by atomic mass is 9.98. The highest BCUT2D eigenvalue weighted by Gasteiger charge is 1.87. The smallest absolute Gasteiger partial charge is 0.0887 e. The van der Waals surface area contributed by atoms with Gasteiger partial charge in [-0.15, -0.1) is 0 Å². The standard InChI is InChI=1S/C9H19B/c1-2-3-4-5-6-7-8-9-10/h2-9H2,1H3/p+1. The Morgan fingerprint density at radius 3 is 1.90 bits per heavy atom. The molecule has 0 aliphatic rings. The first-order chi connectivity index (χ1) is 4.91. The molecule has 0 fully saturated rings. The molecule has 0 nitrogen and oxygen atoms in total. The van der Waals surface area contributed by atoms with Crippen LogP contribution in [-0.4, -0.2) is 7.85 Å². The van der Waals surface area contributed by atoms with Gasteiger partial charge in [-0.05, 0) is 0 Å². The molecule has 0 aliphatic heterocycles. The molecule has 0 spiro atoms. The van der Waals surface area contributed by atoms with Crippen molar-refractivity contribution >= 4 is 7.85 Å². The highest BCUT2D eigenvalue weighted by Crippen LogP contribution is 2.07. The quantitative estimate of drug-likeness (QED) is 0.374. The molecule has 0 aliphatic carbocycles. The number of hydrogen-bond donors (Lipinski definition) is 0. The Kier molecular flexibility index (Phi) is 9.12. The van der Waals surface area contributed by atoms with Crippen LogP contribution in [0.15, 0.2) is 0 Å². The average molecular weight is 139 g/mol. The zero-order valence-corrected chi connectivity index (χ0v) is 7.23. The van der Waals surface area contributed by atoms with Gasteiger partial charge in [-0.1, -0.05) is 58.2 Å². The highest BCUT2D eigenvalue weighted by atomic mass is 13.9. The summed E-state index contributed by atoms with van der Waals surface area (Å²) in [5, 5.41) is 0. The summed E-state index contributed by atoms with van der Waals surface area (Å²) in [4.78, 5) is 0. The van der Waals surface area contributed by atoms with Gasteiger partial charge in [0.05, 0.1) is 7.85 Å². The number of unbranched alkanes of at least 4 members (excludes halogenated alkanes) is 6. The van der Waals surface area contributed by atoms with Gasteiger partial charge in [-0.2, -0.15) is 0 Å². The summed E-state index contributed by atoms with van der Waals surface area (Å²) < 4.78 is 0. The molecule has 0 saturated heterocycles. The van der Waals surface area contributed by atoms with Crippen LogP contribution in [0.5, 0.6) is 0 Å². The fourth-order valence-corrected chi connectivity index (χ4v) is 1.10. The molecule has 0 aromatic heterocycles. The predicted molar refractivity (Wildman–Crippen MR) is 49.7 cm³/mol. The van der Waals surface area contributed by atoms with E-state index in [-0.39, 0.29) is 1.43 Å². The Balaban J connectivity index is 0. The summed E-state index contributed by atoms with van der Waals surface area (Å²) >= 11 is 0. The van der Waals surface area contributed by atoms with Crippen molar-refractivity contribution in [2.24, 2.45) is 0 Å². The van der Waals surface area contributed by atoms with Gasteiger partial charge in [0, 0.05) is 0 Å². The van der Waals surface area contributed by atoms with E-state index in [1.165, 1.54) is 44.9 Å². The summed E-state index contributed by atoms with van der Waals surface area (Å²) in [6.07, 6.45) is 10.4. The van der Waals surface area contributed by atoms with E-state index < -0.39 is 0 Å². The third-order valence-electron chi connectivity index (χ3n) is 1.81. The molecule has 0 heterocycles. The minimum atomic E-state index is 0. The summed E-state index contributed by atoms with van der Waals surface area (Å²) in [5.41, 5.74) is 0. The molecule has 0 aromatic carbocycles. The van der Waals surface area contributed by atoms with Gasteiger partial charge >= 0.3 is 1.43 Å². The maximum atomic E-state index is 5.37. The van der Waals surface area contributed by atoms with Gasteiger partial charge in [-0.25, -0.2) is 0 Å². The van der Waals surface area contributed by atoms with Crippen molar-refractivity contribution in [1.82, 2.24) is 0 Å². The predicted octanol–water partition coefficient (Wildman–Crippen LogP) is 3.44. The second kappa shape index (κ2) is 9.06. The van der Waals surface area contributed by atoms with Gasteiger partial charge in [0.1, 0.15) is 0 Å². The molecule has 2 radical (unpaired) electrons. The highest BCUT2D eigenvalue weighted by molar-refractivity contribution is 6.08. The molecule has 1 heteroatoms. The lowest BCUT2D eigenvalue weighted by molar-refractivity contribution is 0.602. The summed E-state index contributed by atoms with van der Waals surface area (Å²) in [6.45, 7) is 2.25. The largest absolute Gasteiger partial charge is 1.00 e. The Hall–Kier alpha value is 0.0649. The molecule has 10 heavy (non-hydrogen) atoms. The number of hydrogen-bond acceptors (Lipinski definition) is 0. The Labute approximate surface area is 68.3 Å². The Morgan fingerprint density at radius 2 is 1.40 bits per heavy atom. The topological polar surface area (TPSA) is 0 Å². The first-order valence-electron chi connectivity index (χ1n) is 4.62. The minimum Gasteiger partial charge on any atom is -0.0887 e. The van der Waals surface area contributed by atoms with Crippen molar-refractivity contribution < 1.29 is 1.43 Å². The van der Waals surface area contributed by atoms with Crippen LogP contribution >= 0.6 is 0 Å². The van der Waals surface area contributed by atoms with Crippen molar-refractivity contribution in [2.45, 2.75) is 58.2 Å². The van der Waals surface area contributed by atoms with Crippen molar-refractivity contribution in [1.29, 1.82) is 0 Å². The number of rotatable bonds is 7. The van der Waals surface area contributed by atoms with E-state index in [9.17, 15) is 0 Å². The van der Waals surface area contributed by atoms with Crippen molar-refractivity contribution in [3.05, 3.63) is 0 Å². The lowest BCUT2D eigenvalue weighted by Gasteiger charge is -1.97. The third kappa shape index (κ3) is 8.06. The molecule has 0 amide bonds. The van der Waals surface area contributed by atoms with Crippen LogP contribution in [0.3, 0.4) is 0 Å². The SMILES string of the molecule is [B]CCCCCCCCC.[H+]. The average Bonchev–Trinajstić information content (AvgIpc) is 1.97. The van der Waals surface area contributed by atoms with Crippen LogP contribution < -0.4 is 0 Å². The maximum Gasteiger partial charge on any atom is 1.00 e. The van der Waals surface area contributed by atoms with E-state index >= 15 is 0 Å². The zero-order valence-electron chi connectivity index (χ0n) is 8.23. The fraction of sp³-hybridized carbons (Fsp3) is 1.00. The van der Waals surface area contributed by atoms with Crippen LogP contribution in [0.25, 0.3) is 0 Å². The molecule has 0 aromatic rings. The summed E-state index contributed by atoms with van der Waals surface area (Å²) in [7, 11) is 5.37. The molecule has 0 unspecified atom stereocenters. The van der Waals surface area contributed by atoms with Gasteiger partial charge in [-0.3, -0.25) is 0 Å². The van der Waals surface area contributed by atoms with Crippen LogP contribution in [0.1, 0.15) is 53.3 Å². The second-order valence-electron chi connectivity index (χ2n) is 2.91. The molecule has 0 bridgehead atoms. The van der Waals surface area contributed by atoms with Gasteiger partial charge in [0.15, 0.2) is 0 Å². The van der Waals surface area contributed by atoms with Crippen molar-refractivity contribution in [3.8, 4) is 0 Å². The molecular formula is C9H20B+. The molecule has 0 rings (SSSR count). The zero-order chi connectivity index (χ0) is 7.66. The molecule has 58 valence electrons. The Bertz CT molecular complexity index is 49.5. The monoisotopic (exact) mass is 139 g/mol. The second-order valence-corrected chi connectivity index (χ2v) is 2.91. The van der Waals surface area contributed by atoms with E-state index in [1.54, 1.807) is 0 Å². The van der Waals surface area contributed by atoms with E-state index in [4.69, 9.17) is 7.85 Å². The van der Waals surface area contributed by atoms with Crippen molar-refractivity contribution in [2.75, 3.05) is 0 Å². The minimum absolute atomic E-state index is 0. The van der Waals surface area contributed by atoms with Gasteiger partial charge < -0.3 is 0 Å². The normalized spacial score (nSPS) is 10.1. The van der Waals surface area contributed by atoms with Crippen LogP contribution in [0.4, 0.5) is 0 Å². The van der Waals surface area contributed by atoms with E-state index in [1.807, 2.05) is 0 Å². The Morgan fingerprint density at radius 1 is 0.900 bits per heavy atom. The van der Waals surface area contributed by atoms with Crippen LogP contribution in [0.2, 0.25) is 6.32 Å². The third-order valence-corrected chi connectivity index (χ3v) is 1.81. The molecular weight excluding hydrogens is 119 g/mol. The van der Waals surface area contributed by atoms with Crippen LogP contribution in [-0.2, 0) is 0 Å². The lowest BCUT2D eigenvalue weighted by Crippen LogP contribution is -1.78. The van der Waals surface area contributed by atoms with E-state index in [0.29, 0.717) is 0 Å².